The first-order chi connectivity index (χ1) is 12.4. The number of hydrogen-bond acceptors (Lipinski definition) is 5. The molecule has 0 bridgehead atoms. The van der Waals surface area contributed by atoms with Crippen molar-refractivity contribution in [1.29, 1.82) is 0 Å². The third kappa shape index (κ3) is 4.02. The number of aryl methyl sites for hydroxylation is 1. The van der Waals surface area contributed by atoms with Gasteiger partial charge in [-0.1, -0.05) is 12.1 Å². The largest absolute Gasteiger partial charge is 0.493 e. The van der Waals surface area contributed by atoms with Crippen LogP contribution in [0.25, 0.3) is 0 Å². The summed E-state index contributed by atoms with van der Waals surface area (Å²) in [6.45, 7) is 2.48. The Kier molecular flexibility index (Phi) is 6.33. The van der Waals surface area contributed by atoms with E-state index in [1.807, 2.05) is 26.2 Å². The highest BCUT2D eigenvalue weighted by Gasteiger charge is 2.20. The molecule has 0 spiro atoms. The summed E-state index contributed by atoms with van der Waals surface area (Å²) < 4.78 is 15.9. The molecule has 140 valence electrons. The summed E-state index contributed by atoms with van der Waals surface area (Å²) >= 11 is 0. The normalized spacial score (nSPS) is 10.2. The maximum Gasteiger partial charge on any atom is 0.255 e. The summed E-state index contributed by atoms with van der Waals surface area (Å²) in [5, 5.41) is 2.93. The van der Waals surface area contributed by atoms with E-state index >= 15 is 0 Å². The quantitative estimate of drug-likeness (QED) is 0.824. The van der Waals surface area contributed by atoms with Crippen molar-refractivity contribution in [3.05, 3.63) is 47.0 Å². The zero-order chi connectivity index (χ0) is 19.3. The monoisotopic (exact) mass is 358 g/mol. The zero-order valence-corrected chi connectivity index (χ0v) is 16.2. The van der Waals surface area contributed by atoms with E-state index in [1.165, 1.54) is 21.3 Å². The Labute approximate surface area is 154 Å². The SMILES string of the molecule is COc1ccc(C(=O)NCc2ccc(N(C)C)c(C)c2)c(OC)c1OC. The fourth-order valence-corrected chi connectivity index (χ4v) is 2.89. The minimum atomic E-state index is -0.239. The van der Waals surface area contributed by atoms with Gasteiger partial charge in [0.1, 0.15) is 0 Å². The second-order valence-corrected chi connectivity index (χ2v) is 6.08. The number of carbonyl (C=O) groups excluding carboxylic acids is 1. The van der Waals surface area contributed by atoms with E-state index in [2.05, 4.69) is 23.2 Å². The summed E-state index contributed by atoms with van der Waals surface area (Å²) in [7, 11) is 8.56. The molecule has 0 saturated carbocycles. The summed E-state index contributed by atoms with van der Waals surface area (Å²) in [6.07, 6.45) is 0. The Morgan fingerprint density at radius 1 is 1.00 bits per heavy atom. The summed E-state index contributed by atoms with van der Waals surface area (Å²) in [5.41, 5.74) is 3.74. The van der Waals surface area contributed by atoms with Crippen LogP contribution in [0.2, 0.25) is 0 Å². The van der Waals surface area contributed by atoms with E-state index in [-0.39, 0.29) is 5.91 Å². The zero-order valence-electron chi connectivity index (χ0n) is 16.2. The average Bonchev–Trinajstić information content (AvgIpc) is 2.64. The van der Waals surface area contributed by atoms with Crippen LogP contribution in [0.5, 0.6) is 17.2 Å². The van der Waals surface area contributed by atoms with E-state index < -0.39 is 0 Å². The molecule has 0 aliphatic rings. The van der Waals surface area contributed by atoms with Gasteiger partial charge in [-0.2, -0.15) is 0 Å². The molecule has 0 aliphatic carbocycles. The van der Waals surface area contributed by atoms with Crippen molar-refractivity contribution in [1.82, 2.24) is 5.32 Å². The van der Waals surface area contributed by atoms with Gasteiger partial charge in [0.05, 0.1) is 26.9 Å². The first-order valence-corrected chi connectivity index (χ1v) is 8.27. The third-order valence-electron chi connectivity index (χ3n) is 4.14. The van der Waals surface area contributed by atoms with Crippen LogP contribution >= 0.6 is 0 Å². The van der Waals surface area contributed by atoms with Gasteiger partial charge in [0.15, 0.2) is 11.5 Å². The molecule has 6 heteroatoms. The van der Waals surface area contributed by atoms with E-state index in [9.17, 15) is 4.79 Å². The standard InChI is InChI=1S/C20H26N2O4/c1-13-11-14(7-9-16(13)22(2)3)12-21-20(23)15-8-10-17(24-4)19(26-6)18(15)25-5/h7-11H,12H2,1-6H3,(H,21,23). The second-order valence-electron chi connectivity index (χ2n) is 6.08. The molecule has 0 saturated heterocycles. The Hall–Kier alpha value is -2.89. The molecule has 0 fully saturated rings. The van der Waals surface area contributed by atoms with Crippen molar-refractivity contribution in [2.45, 2.75) is 13.5 Å². The number of carbonyl (C=O) groups is 1. The number of hydrogen-bond donors (Lipinski definition) is 1. The predicted octanol–water partition coefficient (Wildman–Crippen LogP) is 3.02. The lowest BCUT2D eigenvalue weighted by Crippen LogP contribution is -2.23. The minimum Gasteiger partial charge on any atom is -0.493 e. The van der Waals surface area contributed by atoms with Crippen LogP contribution in [0.15, 0.2) is 30.3 Å². The fourth-order valence-electron chi connectivity index (χ4n) is 2.89. The van der Waals surface area contributed by atoms with Gasteiger partial charge in [-0.05, 0) is 36.2 Å². The van der Waals surface area contributed by atoms with Crippen LogP contribution < -0.4 is 24.4 Å². The molecule has 2 rings (SSSR count). The molecule has 1 amide bonds. The van der Waals surface area contributed by atoms with E-state index in [0.717, 1.165) is 16.8 Å². The second kappa shape index (κ2) is 8.47. The molecule has 0 unspecified atom stereocenters. The van der Waals surface area contributed by atoms with E-state index in [4.69, 9.17) is 14.2 Å². The van der Waals surface area contributed by atoms with Crippen LogP contribution in [0.1, 0.15) is 21.5 Å². The number of benzene rings is 2. The highest BCUT2D eigenvalue weighted by molar-refractivity contribution is 5.98. The van der Waals surface area contributed by atoms with Gasteiger partial charge in [-0.3, -0.25) is 4.79 Å². The van der Waals surface area contributed by atoms with Crippen molar-refractivity contribution < 1.29 is 19.0 Å². The highest BCUT2D eigenvalue weighted by atomic mass is 16.5. The van der Waals surface area contributed by atoms with Crippen molar-refractivity contribution in [3.8, 4) is 17.2 Å². The maximum absolute atomic E-state index is 12.6. The molecule has 6 nitrogen and oxygen atoms in total. The summed E-state index contributed by atoms with van der Waals surface area (Å²) in [5.74, 6) is 1.02. The Bertz CT molecular complexity index is 788. The van der Waals surface area contributed by atoms with Crippen molar-refractivity contribution >= 4 is 11.6 Å². The number of methoxy groups -OCH3 is 3. The summed E-state index contributed by atoms with van der Waals surface area (Å²) in [4.78, 5) is 14.7. The smallest absolute Gasteiger partial charge is 0.255 e. The van der Waals surface area contributed by atoms with Crippen LogP contribution in [0.3, 0.4) is 0 Å². The number of nitrogens with one attached hydrogen (secondary N) is 1. The molecule has 2 aromatic rings. The van der Waals surface area contributed by atoms with Crippen molar-refractivity contribution in [2.75, 3.05) is 40.3 Å². The Balaban J connectivity index is 2.19. The molecule has 0 heterocycles. The van der Waals surface area contributed by atoms with Crippen LogP contribution in [0.4, 0.5) is 5.69 Å². The molecule has 0 aromatic heterocycles. The van der Waals surface area contributed by atoms with Gasteiger partial charge in [0.2, 0.25) is 5.75 Å². The average molecular weight is 358 g/mol. The maximum atomic E-state index is 12.6. The third-order valence-corrected chi connectivity index (χ3v) is 4.14. The number of ether oxygens (including phenoxy) is 3. The topological polar surface area (TPSA) is 60.0 Å². The van der Waals surface area contributed by atoms with Gasteiger partial charge < -0.3 is 24.4 Å². The lowest BCUT2D eigenvalue weighted by Gasteiger charge is -2.17. The first-order valence-electron chi connectivity index (χ1n) is 8.27. The van der Waals surface area contributed by atoms with Crippen LogP contribution in [-0.4, -0.2) is 41.3 Å². The van der Waals surface area contributed by atoms with Crippen molar-refractivity contribution in [3.63, 3.8) is 0 Å². The van der Waals surface area contributed by atoms with Gasteiger partial charge in [-0.25, -0.2) is 0 Å². The van der Waals surface area contributed by atoms with Gasteiger partial charge in [0.25, 0.3) is 5.91 Å². The number of amides is 1. The van der Waals surface area contributed by atoms with E-state index in [1.54, 1.807) is 12.1 Å². The lowest BCUT2D eigenvalue weighted by molar-refractivity contribution is 0.0947. The molecule has 2 aromatic carbocycles. The molecule has 1 N–H and O–H groups in total. The fraction of sp³-hybridized carbons (Fsp3) is 0.350. The van der Waals surface area contributed by atoms with Crippen molar-refractivity contribution in [2.24, 2.45) is 0 Å². The number of rotatable bonds is 7. The number of nitrogens with zero attached hydrogens (tertiary/aromatic N) is 1. The summed E-state index contributed by atoms with van der Waals surface area (Å²) in [6, 6.07) is 9.48. The Morgan fingerprint density at radius 2 is 1.69 bits per heavy atom. The molecular formula is C20H26N2O4. The molecule has 26 heavy (non-hydrogen) atoms. The molecular weight excluding hydrogens is 332 g/mol. The molecule has 0 radical (unpaired) electrons. The van der Waals surface area contributed by atoms with E-state index in [0.29, 0.717) is 29.4 Å². The van der Waals surface area contributed by atoms with Gasteiger partial charge in [-0.15, -0.1) is 0 Å². The highest BCUT2D eigenvalue weighted by Crippen LogP contribution is 2.39. The minimum absolute atomic E-state index is 0.239. The predicted molar refractivity (Wildman–Crippen MR) is 103 cm³/mol. The number of anilines is 1. The van der Waals surface area contributed by atoms with Crippen LogP contribution in [0, 0.1) is 6.92 Å². The van der Waals surface area contributed by atoms with Gasteiger partial charge >= 0.3 is 0 Å². The molecule has 0 atom stereocenters. The first kappa shape index (κ1) is 19.4. The van der Waals surface area contributed by atoms with Gasteiger partial charge in [0, 0.05) is 26.3 Å². The van der Waals surface area contributed by atoms with Crippen LogP contribution in [-0.2, 0) is 6.54 Å². The lowest BCUT2D eigenvalue weighted by atomic mass is 10.1. The molecule has 0 aliphatic heterocycles. The Morgan fingerprint density at radius 3 is 2.23 bits per heavy atom.